The first kappa shape index (κ1) is 8.19. The van der Waals surface area contributed by atoms with E-state index in [1.807, 2.05) is 24.3 Å². The van der Waals surface area contributed by atoms with Gasteiger partial charge in [-0.25, -0.2) is 4.98 Å². The Morgan fingerprint density at radius 3 is 2.75 bits per heavy atom. The average Bonchev–Trinajstić information content (AvgIpc) is 2.52. The fraction of sp³-hybridized carbons (Fsp3) is 0. The van der Waals surface area contributed by atoms with Crippen molar-refractivity contribution in [1.82, 2.24) is 9.97 Å². The predicted octanol–water partition coefficient (Wildman–Crippen LogP) is 1.70. The first-order chi connectivity index (χ1) is 5.88. The minimum absolute atomic E-state index is 1.03. The molecule has 0 aliphatic carbocycles. The van der Waals surface area contributed by atoms with Crippen molar-refractivity contribution in [3.05, 3.63) is 35.5 Å². The molecule has 0 aliphatic heterocycles. The highest BCUT2D eigenvalue weighted by Crippen LogP contribution is 2.05. The molecule has 0 fully saturated rings. The molecular weight excluding hydrogens is 158 g/mol. The lowest BCUT2D eigenvalue weighted by Crippen LogP contribution is -1.63. The lowest BCUT2D eigenvalue weighted by Gasteiger charge is -1.81. The van der Waals surface area contributed by atoms with Gasteiger partial charge in [-0.2, -0.15) is 0 Å². The van der Waals surface area contributed by atoms with Crippen LogP contribution in [0.4, 0.5) is 0 Å². The highest BCUT2D eigenvalue weighted by molar-refractivity contribution is 5.73. The van der Waals surface area contributed by atoms with Crippen LogP contribution in [-0.2, 0) is 0 Å². The molecule has 62 valence electrons. The molecule has 2 aromatic rings. The maximum absolute atomic E-state index is 8.11. The molecule has 2 N–H and O–H groups in total. The summed E-state index contributed by atoms with van der Waals surface area (Å²) in [7, 11) is 0. The standard InChI is InChI=1S/C7H6N2.HNO2/c1-2-4-7-6(3-1)8-5-9-7;2-1-3/h1-5H,(H,8,9);(H,2,3). The molecule has 0 aliphatic rings. The third kappa shape index (κ3) is 1.79. The van der Waals surface area contributed by atoms with Crippen molar-refractivity contribution in [2.24, 2.45) is 5.34 Å². The van der Waals surface area contributed by atoms with Gasteiger partial charge in [0, 0.05) is 0 Å². The van der Waals surface area contributed by atoms with E-state index in [1.165, 1.54) is 5.34 Å². The largest absolute Gasteiger partial charge is 0.379 e. The Balaban J connectivity index is 0.000000213. The summed E-state index contributed by atoms with van der Waals surface area (Å²) in [5.74, 6) is 0. The van der Waals surface area contributed by atoms with Crippen LogP contribution in [0.15, 0.2) is 35.9 Å². The summed E-state index contributed by atoms with van der Waals surface area (Å²) in [5, 5.41) is 7.89. The molecule has 2 rings (SSSR count). The molecule has 0 radical (unpaired) electrons. The van der Waals surface area contributed by atoms with Crippen LogP contribution in [0.3, 0.4) is 0 Å². The van der Waals surface area contributed by atoms with Crippen LogP contribution in [0.1, 0.15) is 0 Å². The van der Waals surface area contributed by atoms with Crippen LogP contribution in [-0.4, -0.2) is 15.2 Å². The lowest BCUT2D eigenvalue weighted by molar-refractivity contribution is 0.312. The predicted molar refractivity (Wildman–Crippen MR) is 43.7 cm³/mol. The lowest BCUT2D eigenvalue weighted by atomic mass is 10.3. The van der Waals surface area contributed by atoms with Gasteiger partial charge >= 0.3 is 0 Å². The third-order valence-electron chi connectivity index (χ3n) is 1.33. The second-order valence-corrected chi connectivity index (χ2v) is 2.00. The molecule has 1 aromatic heterocycles. The van der Waals surface area contributed by atoms with Gasteiger partial charge in [-0.05, 0) is 12.1 Å². The van der Waals surface area contributed by atoms with Crippen molar-refractivity contribution >= 4 is 11.0 Å². The highest BCUT2D eigenvalue weighted by atomic mass is 16.6. The van der Waals surface area contributed by atoms with Crippen LogP contribution in [0.5, 0.6) is 0 Å². The summed E-state index contributed by atoms with van der Waals surface area (Å²) >= 11 is 0. The molecule has 5 nitrogen and oxygen atoms in total. The number of aromatic nitrogens is 2. The first-order valence-corrected chi connectivity index (χ1v) is 3.23. The topological polar surface area (TPSA) is 78.3 Å². The molecule has 0 unspecified atom stereocenters. The second kappa shape index (κ2) is 4.07. The van der Waals surface area contributed by atoms with E-state index in [1.54, 1.807) is 6.33 Å². The molecule has 1 heterocycles. The van der Waals surface area contributed by atoms with Gasteiger partial charge in [0.05, 0.1) is 17.4 Å². The molecule has 1 aromatic carbocycles. The number of aromatic amines is 1. The van der Waals surface area contributed by atoms with Crippen LogP contribution in [0.2, 0.25) is 0 Å². The van der Waals surface area contributed by atoms with Crippen molar-refractivity contribution in [2.45, 2.75) is 0 Å². The van der Waals surface area contributed by atoms with Gasteiger partial charge < -0.3 is 10.2 Å². The first-order valence-electron chi connectivity index (χ1n) is 3.23. The number of nitrogens with one attached hydrogen (secondary N) is 1. The van der Waals surface area contributed by atoms with Gasteiger partial charge in [-0.15, -0.1) is 4.91 Å². The molecule has 0 amide bonds. The number of hydrogen-bond acceptors (Lipinski definition) is 3. The number of para-hydroxylation sites is 2. The average molecular weight is 165 g/mol. The number of fused-ring (bicyclic) bond motifs is 1. The van der Waals surface area contributed by atoms with Gasteiger partial charge in [-0.1, -0.05) is 12.1 Å². The van der Waals surface area contributed by atoms with E-state index in [2.05, 4.69) is 9.97 Å². The summed E-state index contributed by atoms with van der Waals surface area (Å²) in [4.78, 5) is 15.2. The fourth-order valence-electron chi connectivity index (χ4n) is 0.880. The monoisotopic (exact) mass is 165 g/mol. The van der Waals surface area contributed by atoms with E-state index in [-0.39, 0.29) is 0 Å². The normalized spacial score (nSPS) is 8.67. The van der Waals surface area contributed by atoms with Crippen molar-refractivity contribution in [1.29, 1.82) is 0 Å². The van der Waals surface area contributed by atoms with E-state index >= 15 is 0 Å². The SMILES string of the molecule is O=NO.c1ccc2[nH]cnc2c1. The molecule has 0 spiro atoms. The summed E-state index contributed by atoms with van der Waals surface area (Å²) in [6.45, 7) is 0. The van der Waals surface area contributed by atoms with Gasteiger partial charge in [0.15, 0.2) is 5.34 Å². The van der Waals surface area contributed by atoms with E-state index in [9.17, 15) is 0 Å². The minimum atomic E-state index is 1.03. The molecule has 0 saturated carbocycles. The molecule has 0 bridgehead atoms. The molecular formula is C7H7N3O2. The van der Waals surface area contributed by atoms with Crippen LogP contribution < -0.4 is 0 Å². The summed E-state index contributed by atoms with van der Waals surface area (Å²) in [6, 6.07) is 7.94. The Bertz CT molecular complexity index is 328. The van der Waals surface area contributed by atoms with Gasteiger partial charge in [0.1, 0.15) is 0 Å². The van der Waals surface area contributed by atoms with Crippen LogP contribution in [0.25, 0.3) is 11.0 Å². The van der Waals surface area contributed by atoms with Crippen LogP contribution in [0, 0.1) is 4.91 Å². The van der Waals surface area contributed by atoms with E-state index in [0.717, 1.165) is 11.0 Å². The second-order valence-electron chi connectivity index (χ2n) is 2.00. The molecule has 5 heteroatoms. The number of benzene rings is 1. The van der Waals surface area contributed by atoms with Gasteiger partial charge in [0.2, 0.25) is 0 Å². The maximum Gasteiger partial charge on any atom is 0.152 e. The number of hydrogen-bond donors (Lipinski definition) is 2. The highest BCUT2D eigenvalue weighted by Gasteiger charge is 1.88. The quantitative estimate of drug-likeness (QED) is 0.460. The zero-order chi connectivity index (χ0) is 8.81. The summed E-state index contributed by atoms with van der Waals surface area (Å²) < 4.78 is 0. The maximum atomic E-state index is 8.11. The van der Waals surface area contributed by atoms with Gasteiger partial charge in [0.25, 0.3) is 0 Å². The van der Waals surface area contributed by atoms with Crippen molar-refractivity contribution in [3.63, 3.8) is 0 Å². The molecule has 0 atom stereocenters. The van der Waals surface area contributed by atoms with E-state index in [0.29, 0.717) is 0 Å². The summed E-state index contributed by atoms with van der Waals surface area (Å²) in [6.07, 6.45) is 1.70. The van der Waals surface area contributed by atoms with E-state index in [4.69, 9.17) is 10.1 Å². The Hall–Kier alpha value is -1.91. The number of nitrogens with zero attached hydrogens (tertiary/aromatic N) is 2. The Labute approximate surface area is 68.0 Å². The minimum Gasteiger partial charge on any atom is -0.379 e. The molecule has 0 saturated heterocycles. The number of rotatable bonds is 0. The fourth-order valence-corrected chi connectivity index (χ4v) is 0.880. The Morgan fingerprint density at radius 1 is 1.42 bits per heavy atom. The van der Waals surface area contributed by atoms with Crippen LogP contribution >= 0.6 is 0 Å². The summed E-state index contributed by atoms with van der Waals surface area (Å²) in [5.41, 5.74) is 2.12. The number of imidazole rings is 1. The molecule has 12 heavy (non-hydrogen) atoms. The zero-order valence-electron chi connectivity index (χ0n) is 6.14. The number of H-pyrrole nitrogens is 1. The van der Waals surface area contributed by atoms with Crippen molar-refractivity contribution in [2.75, 3.05) is 0 Å². The van der Waals surface area contributed by atoms with Crippen molar-refractivity contribution < 1.29 is 5.21 Å². The van der Waals surface area contributed by atoms with Gasteiger partial charge in [-0.3, -0.25) is 0 Å². The third-order valence-corrected chi connectivity index (χ3v) is 1.33. The zero-order valence-corrected chi connectivity index (χ0v) is 6.14. The Morgan fingerprint density at radius 2 is 2.08 bits per heavy atom. The Kier molecular flexibility index (Phi) is 2.78. The van der Waals surface area contributed by atoms with Crippen molar-refractivity contribution in [3.8, 4) is 0 Å². The van der Waals surface area contributed by atoms with E-state index < -0.39 is 0 Å². The smallest absolute Gasteiger partial charge is 0.152 e.